The zero-order valence-electron chi connectivity index (χ0n) is 18.0. The molecule has 162 valence electrons. The second-order valence-corrected chi connectivity index (χ2v) is 6.25. The third-order valence-corrected chi connectivity index (χ3v) is 4.03. The first-order valence-corrected chi connectivity index (χ1v) is 9.80. The van der Waals surface area contributed by atoms with Gasteiger partial charge >= 0.3 is 0 Å². The quantitative estimate of drug-likeness (QED) is 0.185. The van der Waals surface area contributed by atoms with E-state index in [1.165, 1.54) is 0 Å². The fourth-order valence-corrected chi connectivity index (χ4v) is 2.54. The van der Waals surface area contributed by atoms with Crippen molar-refractivity contribution in [3.63, 3.8) is 0 Å². The van der Waals surface area contributed by atoms with Gasteiger partial charge in [0, 0.05) is 37.0 Å². The summed E-state index contributed by atoms with van der Waals surface area (Å²) in [5.41, 5.74) is 2.97. The van der Waals surface area contributed by atoms with Gasteiger partial charge in [0.25, 0.3) is 0 Å². The van der Waals surface area contributed by atoms with Gasteiger partial charge in [-0.25, -0.2) is 4.99 Å². The Morgan fingerprint density at radius 3 is 2.43 bits per heavy atom. The SMILES string of the molecule is CCCCOCCOCCNC(=NCc1ncc(C)c(OC)c1C)NCC.I. The smallest absolute Gasteiger partial charge is 0.191 e. The van der Waals surface area contributed by atoms with E-state index < -0.39 is 0 Å². The molecule has 1 aromatic rings. The van der Waals surface area contributed by atoms with Gasteiger partial charge in [-0.05, 0) is 27.2 Å². The summed E-state index contributed by atoms with van der Waals surface area (Å²) in [5.74, 6) is 1.63. The third-order valence-electron chi connectivity index (χ3n) is 4.03. The molecule has 0 saturated carbocycles. The predicted octanol–water partition coefficient (Wildman–Crippen LogP) is 3.21. The molecule has 0 unspecified atom stereocenters. The Bertz CT molecular complexity index is 571. The third kappa shape index (κ3) is 10.4. The minimum absolute atomic E-state index is 0. The summed E-state index contributed by atoms with van der Waals surface area (Å²) in [7, 11) is 1.68. The number of rotatable bonds is 13. The van der Waals surface area contributed by atoms with E-state index in [0.29, 0.717) is 32.9 Å². The Morgan fingerprint density at radius 1 is 1.07 bits per heavy atom. The molecular weight excluding hydrogens is 471 g/mol. The van der Waals surface area contributed by atoms with Crippen LogP contribution in [-0.2, 0) is 16.0 Å². The van der Waals surface area contributed by atoms with Crippen LogP contribution in [0.1, 0.15) is 43.5 Å². The zero-order valence-corrected chi connectivity index (χ0v) is 20.3. The number of hydrogen-bond donors (Lipinski definition) is 2. The van der Waals surface area contributed by atoms with E-state index >= 15 is 0 Å². The average Bonchev–Trinajstić information content (AvgIpc) is 2.66. The van der Waals surface area contributed by atoms with E-state index in [9.17, 15) is 0 Å². The van der Waals surface area contributed by atoms with Crippen molar-refractivity contribution in [1.29, 1.82) is 0 Å². The number of aryl methyl sites for hydroxylation is 1. The molecule has 0 radical (unpaired) electrons. The second kappa shape index (κ2) is 16.8. The highest BCUT2D eigenvalue weighted by Gasteiger charge is 2.09. The van der Waals surface area contributed by atoms with Gasteiger partial charge in [-0.15, -0.1) is 24.0 Å². The Hall–Kier alpha value is -1.13. The summed E-state index contributed by atoms with van der Waals surface area (Å²) in [6.45, 7) is 12.9. The van der Waals surface area contributed by atoms with Crippen molar-refractivity contribution in [3.05, 3.63) is 23.0 Å². The number of ether oxygens (including phenoxy) is 3. The van der Waals surface area contributed by atoms with Crippen molar-refractivity contribution >= 4 is 29.9 Å². The van der Waals surface area contributed by atoms with Crippen LogP contribution in [0.3, 0.4) is 0 Å². The number of halogens is 1. The summed E-state index contributed by atoms with van der Waals surface area (Å²) >= 11 is 0. The maximum absolute atomic E-state index is 5.57. The van der Waals surface area contributed by atoms with Gasteiger partial charge < -0.3 is 24.8 Å². The lowest BCUT2D eigenvalue weighted by atomic mass is 10.1. The molecule has 2 N–H and O–H groups in total. The van der Waals surface area contributed by atoms with E-state index in [1.54, 1.807) is 7.11 Å². The van der Waals surface area contributed by atoms with Crippen molar-refractivity contribution in [2.75, 3.05) is 46.6 Å². The van der Waals surface area contributed by atoms with Crippen molar-refractivity contribution in [2.45, 2.75) is 47.1 Å². The van der Waals surface area contributed by atoms with Gasteiger partial charge in [0.05, 0.1) is 39.2 Å². The number of guanidine groups is 1. The molecule has 1 heterocycles. The largest absolute Gasteiger partial charge is 0.496 e. The molecule has 0 fully saturated rings. The topological polar surface area (TPSA) is 77.0 Å². The van der Waals surface area contributed by atoms with E-state index in [2.05, 4.69) is 27.5 Å². The van der Waals surface area contributed by atoms with Gasteiger partial charge in [0.2, 0.25) is 0 Å². The highest BCUT2D eigenvalue weighted by atomic mass is 127. The molecule has 0 aliphatic heterocycles. The van der Waals surface area contributed by atoms with Crippen LogP contribution in [0.4, 0.5) is 0 Å². The number of hydrogen-bond acceptors (Lipinski definition) is 5. The van der Waals surface area contributed by atoms with Gasteiger partial charge in [0.1, 0.15) is 5.75 Å². The highest BCUT2D eigenvalue weighted by molar-refractivity contribution is 14.0. The first kappa shape index (κ1) is 26.9. The number of aliphatic imine (C=N–C) groups is 1. The maximum Gasteiger partial charge on any atom is 0.191 e. The zero-order chi connectivity index (χ0) is 19.9. The Labute approximate surface area is 187 Å². The summed E-state index contributed by atoms with van der Waals surface area (Å²) < 4.78 is 16.5. The van der Waals surface area contributed by atoms with Crippen LogP contribution in [0.5, 0.6) is 5.75 Å². The molecule has 0 aliphatic carbocycles. The van der Waals surface area contributed by atoms with Crippen LogP contribution in [0.2, 0.25) is 0 Å². The first-order chi connectivity index (χ1) is 13.1. The number of aromatic nitrogens is 1. The molecule has 1 rings (SSSR count). The van der Waals surface area contributed by atoms with Crippen LogP contribution in [0, 0.1) is 13.8 Å². The maximum atomic E-state index is 5.57. The fourth-order valence-electron chi connectivity index (χ4n) is 2.54. The van der Waals surface area contributed by atoms with Crippen LogP contribution in [0.15, 0.2) is 11.2 Å². The highest BCUT2D eigenvalue weighted by Crippen LogP contribution is 2.24. The molecule has 0 aliphatic rings. The van der Waals surface area contributed by atoms with Crippen molar-refractivity contribution in [3.8, 4) is 5.75 Å². The molecule has 28 heavy (non-hydrogen) atoms. The minimum atomic E-state index is 0. The predicted molar refractivity (Wildman–Crippen MR) is 125 cm³/mol. The lowest BCUT2D eigenvalue weighted by molar-refractivity contribution is 0.0487. The minimum Gasteiger partial charge on any atom is -0.496 e. The molecular formula is C20H37IN4O3. The number of nitrogens with one attached hydrogen (secondary N) is 2. The normalized spacial score (nSPS) is 11.1. The van der Waals surface area contributed by atoms with E-state index in [-0.39, 0.29) is 24.0 Å². The number of methoxy groups -OCH3 is 1. The van der Waals surface area contributed by atoms with Crippen molar-refractivity contribution in [1.82, 2.24) is 15.6 Å². The molecule has 0 spiro atoms. The summed E-state index contributed by atoms with van der Waals surface area (Å²) in [6, 6.07) is 0. The second-order valence-electron chi connectivity index (χ2n) is 6.25. The van der Waals surface area contributed by atoms with E-state index in [1.807, 2.05) is 27.0 Å². The van der Waals surface area contributed by atoms with Gasteiger partial charge in [-0.2, -0.15) is 0 Å². The fraction of sp³-hybridized carbons (Fsp3) is 0.700. The Kier molecular flexibility index (Phi) is 16.1. The summed E-state index contributed by atoms with van der Waals surface area (Å²) in [5, 5.41) is 6.51. The van der Waals surface area contributed by atoms with Crippen LogP contribution < -0.4 is 15.4 Å². The molecule has 0 atom stereocenters. The Morgan fingerprint density at radius 2 is 1.79 bits per heavy atom. The van der Waals surface area contributed by atoms with Gasteiger partial charge in [-0.3, -0.25) is 4.98 Å². The number of nitrogens with zero attached hydrogens (tertiary/aromatic N) is 2. The number of unbranched alkanes of at least 4 members (excludes halogenated alkanes) is 1. The Balaban J connectivity index is 0.00000729. The molecule has 0 saturated heterocycles. The van der Waals surface area contributed by atoms with Crippen LogP contribution in [0.25, 0.3) is 0 Å². The summed E-state index contributed by atoms with van der Waals surface area (Å²) in [4.78, 5) is 9.10. The average molecular weight is 508 g/mol. The lowest BCUT2D eigenvalue weighted by Crippen LogP contribution is -2.39. The standard InChI is InChI=1S/C20H36N4O3.HI/c1-6-8-10-26-12-13-27-11-9-22-20(21-7-2)24-15-18-17(4)19(25-5)16(3)14-23-18;/h14H,6-13,15H2,1-5H3,(H2,21,22,24);1H. The molecule has 7 nitrogen and oxygen atoms in total. The van der Waals surface area contributed by atoms with Gasteiger partial charge in [-0.1, -0.05) is 13.3 Å². The molecule has 0 amide bonds. The first-order valence-electron chi connectivity index (χ1n) is 9.80. The molecule has 0 bridgehead atoms. The summed E-state index contributed by atoms with van der Waals surface area (Å²) in [6.07, 6.45) is 4.08. The molecule has 1 aromatic heterocycles. The molecule has 8 heteroatoms. The van der Waals surface area contributed by atoms with E-state index in [4.69, 9.17) is 14.2 Å². The lowest BCUT2D eigenvalue weighted by Gasteiger charge is -2.13. The van der Waals surface area contributed by atoms with E-state index in [0.717, 1.165) is 54.5 Å². The van der Waals surface area contributed by atoms with Crippen LogP contribution >= 0.6 is 24.0 Å². The van der Waals surface area contributed by atoms with Crippen LogP contribution in [-0.4, -0.2) is 57.6 Å². The van der Waals surface area contributed by atoms with Crippen molar-refractivity contribution in [2.24, 2.45) is 4.99 Å². The molecule has 0 aromatic carbocycles. The number of pyridine rings is 1. The van der Waals surface area contributed by atoms with Crippen molar-refractivity contribution < 1.29 is 14.2 Å². The monoisotopic (exact) mass is 508 g/mol. The van der Waals surface area contributed by atoms with Gasteiger partial charge in [0.15, 0.2) is 5.96 Å².